The van der Waals surface area contributed by atoms with Gasteiger partial charge in [0.05, 0.1) is 24.1 Å². The van der Waals surface area contributed by atoms with Gasteiger partial charge in [-0.1, -0.05) is 12.1 Å². The molecule has 0 aliphatic heterocycles. The summed E-state index contributed by atoms with van der Waals surface area (Å²) in [7, 11) is -3.48. The third-order valence-electron chi connectivity index (χ3n) is 4.32. The molecule has 0 saturated heterocycles. The number of hydrogen-bond acceptors (Lipinski definition) is 5. The average Bonchev–Trinajstić information content (AvgIpc) is 2.63. The molecule has 0 aromatic heterocycles. The summed E-state index contributed by atoms with van der Waals surface area (Å²) in [5, 5.41) is 2.74. The van der Waals surface area contributed by atoms with Gasteiger partial charge in [0, 0.05) is 18.7 Å². The standard InChI is InChI=1S/C22H28N2O5S/c1-5-29-22(26)18-8-6-9-19(15-18)23-21(25)10-7-11-24(30(4,27)28)20-13-16(2)12-17(3)14-20/h6,8-9,12-15H,5,7,10-11H2,1-4H3,(H,23,25). The van der Waals surface area contributed by atoms with Crippen LogP contribution < -0.4 is 9.62 Å². The van der Waals surface area contributed by atoms with Crippen molar-refractivity contribution in [2.24, 2.45) is 0 Å². The van der Waals surface area contributed by atoms with Crippen molar-refractivity contribution in [2.75, 3.05) is 29.0 Å². The van der Waals surface area contributed by atoms with E-state index in [4.69, 9.17) is 4.74 Å². The Kier molecular flexibility index (Phi) is 8.00. The highest BCUT2D eigenvalue weighted by atomic mass is 32.2. The number of nitrogens with zero attached hydrogens (tertiary/aromatic N) is 1. The van der Waals surface area contributed by atoms with Crippen LogP contribution in [0, 0.1) is 13.8 Å². The second kappa shape index (κ2) is 10.2. The monoisotopic (exact) mass is 432 g/mol. The van der Waals surface area contributed by atoms with Gasteiger partial charge in [0.15, 0.2) is 0 Å². The number of carbonyl (C=O) groups is 2. The van der Waals surface area contributed by atoms with Gasteiger partial charge in [-0.05, 0) is 68.7 Å². The van der Waals surface area contributed by atoms with Crippen molar-refractivity contribution in [2.45, 2.75) is 33.6 Å². The molecule has 162 valence electrons. The van der Waals surface area contributed by atoms with Crippen molar-refractivity contribution < 1.29 is 22.7 Å². The summed E-state index contributed by atoms with van der Waals surface area (Å²) in [6.45, 7) is 6.01. The van der Waals surface area contributed by atoms with E-state index >= 15 is 0 Å². The minimum atomic E-state index is -3.48. The lowest BCUT2D eigenvalue weighted by Crippen LogP contribution is -2.31. The van der Waals surface area contributed by atoms with E-state index in [0.717, 1.165) is 17.4 Å². The molecular weight excluding hydrogens is 404 g/mol. The minimum absolute atomic E-state index is 0.139. The number of esters is 1. The van der Waals surface area contributed by atoms with Crippen LogP contribution >= 0.6 is 0 Å². The Bertz CT molecular complexity index is 998. The second-order valence-corrected chi connectivity index (χ2v) is 9.04. The lowest BCUT2D eigenvalue weighted by atomic mass is 10.1. The second-order valence-electron chi connectivity index (χ2n) is 7.13. The zero-order chi connectivity index (χ0) is 22.3. The number of benzene rings is 2. The van der Waals surface area contributed by atoms with Crippen molar-refractivity contribution >= 4 is 33.3 Å². The Morgan fingerprint density at radius 2 is 1.73 bits per heavy atom. The molecule has 0 heterocycles. The number of hydrogen-bond donors (Lipinski definition) is 1. The van der Waals surface area contributed by atoms with Gasteiger partial charge >= 0.3 is 5.97 Å². The minimum Gasteiger partial charge on any atom is -0.462 e. The number of amides is 1. The Hall–Kier alpha value is -2.87. The highest BCUT2D eigenvalue weighted by molar-refractivity contribution is 7.92. The summed E-state index contributed by atoms with van der Waals surface area (Å²) in [5.74, 6) is -0.712. The molecule has 7 nitrogen and oxygen atoms in total. The third kappa shape index (κ3) is 6.88. The van der Waals surface area contributed by atoms with Gasteiger partial charge < -0.3 is 10.1 Å². The molecule has 0 atom stereocenters. The van der Waals surface area contributed by atoms with Crippen LogP contribution in [0.4, 0.5) is 11.4 Å². The molecule has 0 aliphatic carbocycles. The topological polar surface area (TPSA) is 92.8 Å². The van der Waals surface area contributed by atoms with Crippen LogP contribution in [0.3, 0.4) is 0 Å². The van der Waals surface area contributed by atoms with Crippen molar-refractivity contribution in [3.8, 4) is 0 Å². The Morgan fingerprint density at radius 1 is 1.07 bits per heavy atom. The van der Waals surface area contributed by atoms with E-state index < -0.39 is 16.0 Å². The number of ether oxygens (including phenoxy) is 1. The first-order valence-corrected chi connectivity index (χ1v) is 11.6. The predicted molar refractivity (Wildman–Crippen MR) is 118 cm³/mol. The zero-order valence-corrected chi connectivity index (χ0v) is 18.6. The number of carbonyl (C=O) groups excluding carboxylic acids is 2. The highest BCUT2D eigenvalue weighted by Crippen LogP contribution is 2.22. The predicted octanol–water partition coefficient (Wildman–Crippen LogP) is 3.67. The van der Waals surface area contributed by atoms with Gasteiger partial charge in [0.25, 0.3) is 0 Å². The molecule has 0 unspecified atom stereocenters. The van der Waals surface area contributed by atoms with Crippen LogP contribution in [0.15, 0.2) is 42.5 Å². The van der Waals surface area contributed by atoms with Crippen molar-refractivity contribution in [1.82, 2.24) is 0 Å². The molecule has 1 amide bonds. The maximum absolute atomic E-state index is 12.3. The Morgan fingerprint density at radius 3 is 2.33 bits per heavy atom. The van der Waals surface area contributed by atoms with E-state index in [0.29, 0.717) is 23.4 Å². The molecule has 1 N–H and O–H groups in total. The van der Waals surface area contributed by atoms with Gasteiger partial charge in [-0.25, -0.2) is 13.2 Å². The third-order valence-corrected chi connectivity index (χ3v) is 5.51. The quantitative estimate of drug-likeness (QED) is 0.611. The molecule has 30 heavy (non-hydrogen) atoms. The van der Waals surface area contributed by atoms with E-state index in [2.05, 4.69) is 5.32 Å². The van der Waals surface area contributed by atoms with Crippen LogP contribution in [-0.4, -0.2) is 39.7 Å². The summed E-state index contributed by atoms with van der Waals surface area (Å²) in [5.41, 5.74) is 3.38. The molecule has 0 bridgehead atoms. The SMILES string of the molecule is CCOC(=O)c1cccc(NC(=O)CCCN(c2cc(C)cc(C)c2)S(C)(=O)=O)c1. The largest absolute Gasteiger partial charge is 0.462 e. The Labute approximate surface area is 178 Å². The van der Waals surface area contributed by atoms with Gasteiger partial charge in [0.1, 0.15) is 0 Å². The molecule has 0 saturated carbocycles. The molecule has 0 aliphatic rings. The smallest absolute Gasteiger partial charge is 0.338 e. The number of aryl methyl sites for hydroxylation is 2. The van der Waals surface area contributed by atoms with Crippen LogP contribution in [-0.2, 0) is 19.6 Å². The Balaban J connectivity index is 1.99. The first-order chi connectivity index (χ1) is 14.1. The van der Waals surface area contributed by atoms with Gasteiger partial charge in [0.2, 0.25) is 15.9 Å². The zero-order valence-electron chi connectivity index (χ0n) is 17.8. The van der Waals surface area contributed by atoms with E-state index in [1.165, 1.54) is 4.31 Å². The van der Waals surface area contributed by atoms with Crippen molar-refractivity contribution in [3.05, 3.63) is 59.2 Å². The molecule has 8 heteroatoms. The summed E-state index contributed by atoms with van der Waals surface area (Å²) >= 11 is 0. The van der Waals surface area contributed by atoms with Crippen LogP contribution in [0.25, 0.3) is 0 Å². The molecule has 0 radical (unpaired) electrons. The van der Waals surface area contributed by atoms with Gasteiger partial charge in [-0.15, -0.1) is 0 Å². The maximum atomic E-state index is 12.3. The van der Waals surface area contributed by atoms with Crippen molar-refractivity contribution in [3.63, 3.8) is 0 Å². The molecule has 2 rings (SSSR count). The number of sulfonamides is 1. The lowest BCUT2D eigenvalue weighted by Gasteiger charge is -2.23. The maximum Gasteiger partial charge on any atom is 0.338 e. The molecular formula is C22H28N2O5S. The number of anilines is 2. The fraction of sp³-hybridized carbons (Fsp3) is 0.364. The van der Waals surface area contributed by atoms with Gasteiger partial charge in [-0.2, -0.15) is 0 Å². The van der Waals surface area contributed by atoms with Crippen LogP contribution in [0.5, 0.6) is 0 Å². The fourth-order valence-electron chi connectivity index (χ4n) is 3.13. The average molecular weight is 433 g/mol. The first kappa shape index (κ1) is 23.4. The molecule has 0 fully saturated rings. The van der Waals surface area contributed by atoms with Crippen LogP contribution in [0.2, 0.25) is 0 Å². The molecule has 0 spiro atoms. The van der Waals surface area contributed by atoms with E-state index in [-0.39, 0.29) is 25.5 Å². The summed E-state index contributed by atoms with van der Waals surface area (Å²) in [4.78, 5) is 24.1. The number of rotatable bonds is 9. The summed E-state index contributed by atoms with van der Waals surface area (Å²) in [6.07, 6.45) is 1.65. The number of nitrogens with one attached hydrogen (secondary N) is 1. The summed E-state index contributed by atoms with van der Waals surface area (Å²) in [6, 6.07) is 12.1. The van der Waals surface area contributed by atoms with E-state index in [9.17, 15) is 18.0 Å². The normalized spacial score (nSPS) is 11.1. The summed E-state index contributed by atoms with van der Waals surface area (Å²) < 4.78 is 30.8. The molecule has 2 aromatic rings. The highest BCUT2D eigenvalue weighted by Gasteiger charge is 2.18. The van der Waals surface area contributed by atoms with Gasteiger partial charge in [-0.3, -0.25) is 9.10 Å². The first-order valence-electron chi connectivity index (χ1n) is 9.73. The van der Waals surface area contributed by atoms with Crippen LogP contribution in [0.1, 0.15) is 41.3 Å². The van der Waals surface area contributed by atoms with E-state index in [1.54, 1.807) is 31.2 Å². The lowest BCUT2D eigenvalue weighted by molar-refractivity contribution is -0.116. The fourth-order valence-corrected chi connectivity index (χ4v) is 4.08. The van der Waals surface area contributed by atoms with Crippen molar-refractivity contribution in [1.29, 1.82) is 0 Å². The molecule has 2 aromatic carbocycles. The van der Waals surface area contributed by atoms with E-state index in [1.807, 2.05) is 32.0 Å².